The van der Waals surface area contributed by atoms with Crippen molar-refractivity contribution in [2.75, 3.05) is 0 Å². The molecule has 0 aliphatic heterocycles. The maximum atomic E-state index is 2.34. The van der Waals surface area contributed by atoms with Crippen LogP contribution < -0.4 is 0 Å². The number of rotatable bonds is 1. The molecule has 0 aromatic heterocycles. The molecule has 0 atom stereocenters. The van der Waals surface area contributed by atoms with Gasteiger partial charge in [-0.2, -0.15) is 0 Å². The molecule has 5 aromatic carbocycles. The molecule has 0 N–H and O–H groups in total. The van der Waals surface area contributed by atoms with Crippen molar-refractivity contribution < 1.29 is 0 Å². The van der Waals surface area contributed by atoms with Crippen molar-refractivity contribution in [2.45, 2.75) is 6.92 Å². The summed E-state index contributed by atoms with van der Waals surface area (Å²) in [4.78, 5) is 0. The van der Waals surface area contributed by atoms with Crippen LogP contribution in [0.5, 0.6) is 0 Å². The second kappa shape index (κ2) is 5.46. The zero-order valence-electron chi connectivity index (χ0n) is 14.2. The zero-order valence-corrected chi connectivity index (χ0v) is 14.2. The lowest BCUT2D eigenvalue weighted by atomic mass is 9.89. The second-order valence-corrected chi connectivity index (χ2v) is 6.72. The van der Waals surface area contributed by atoms with Gasteiger partial charge < -0.3 is 0 Å². The molecule has 0 fully saturated rings. The van der Waals surface area contributed by atoms with Gasteiger partial charge in [0.15, 0.2) is 0 Å². The number of fused-ring (bicyclic) bond motifs is 4. The van der Waals surface area contributed by atoms with Gasteiger partial charge in [0.1, 0.15) is 0 Å². The van der Waals surface area contributed by atoms with E-state index in [-0.39, 0.29) is 0 Å². The Bertz CT molecular complexity index is 1250. The lowest BCUT2D eigenvalue weighted by molar-refractivity contribution is 1.47. The second-order valence-electron chi connectivity index (χ2n) is 6.72. The molecule has 0 bridgehead atoms. The molecule has 0 aliphatic carbocycles. The normalized spacial score (nSPS) is 11.4. The standard InChI is InChI=1S/C25H18/c1-17-7-6-10-20(15-17)25-22-12-5-3-9-19(22)16-24-21-11-4-2-8-18(21)13-14-23(24)25/h2-16H,1H3. The van der Waals surface area contributed by atoms with E-state index in [4.69, 9.17) is 0 Å². The highest BCUT2D eigenvalue weighted by Gasteiger charge is 2.11. The van der Waals surface area contributed by atoms with Crippen LogP contribution in [0, 0.1) is 6.92 Å². The van der Waals surface area contributed by atoms with Crippen LogP contribution in [0.25, 0.3) is 43.4 Å². The van der Waals surface area contributed by atoms with Crippen molar-refractivity contribution in [1.29, 1.82) is 0 Å². The van der Waals surface area contributed by atoms with Crippen molar-refractivity contribution in [3.05, 3.63) is 96.6 Å². The van der Waals surface area contributed by atoms with Crippen LogP contribution >= 0.6 is 0 Å². The third-order valence-corrected chi connectivity index (χ3v) is 5.08. The Hall–Kier alpha value is -3.12. The van der Waals surface area contributed by atoms with Crippen molar-refractivity contribution >= 4 is 32.3 Å². The quantitative estimate of drug-likeness (QED) is 0.228. The van der Waals surface area contributed by atoms with Gasteiger partial charge in [0, 0.05) is 0 Å². The van der Waals surface area contributed by atoms with Crippen LogP contribution in [0.2, 0.25) is 0 Å². The van der Waals surface area contributed by atoms with E-state index >= 15 is 0 Å². The Morgan fingerprint density at radius 3 is 2.08 bits per heavy atom. The predicted octanol–water partition coefficient (Wildman–Crippen LogP) is 7.12. The van der Waals surface area contributed by atoms with Crippen molar-refractivity contribution in [1.82, 2.24) is 0 Å². The van der Waals surface area contributed by atoms with E-state index in [0.717, 1.165) is 0 Å². The molecule has 0 unspecified atom stereocenters. The fraction of sp³-hybridized carbons (Fsp3) is 0.0400. The van der Waals surface area contributed by atoms with Crippen LogP contribution in [0.4, 0.5) is 0 Å². The number of aryl methyl sites for hydroxylation is 1. The summed E-state index contributed by atoms with van der Waals surface area (Å²) in [6.45, 7) is 2.16. The van der Waals surface area contributed by atoms with Crippen LogP contribution in [0.1, 0.15) is 5.56 Å². The van der Waals surface area contributed by atoms with Crippen molar-refractivity contribution in [3.8, 4) is 11.1 Å². The molecule has 0 nitrogen and oxygen atoms in total. The maximum Gasteiger partial charge on any atom is -0.00265 e. The molecule has 0 heterocycles. The number of hydrogen-bond donors (Lipinski definition) is 0. The topological polar surface area (TPSA) is 0 Å². The lowest BCUT2D eigenvalue weighted by Gasteiger charge is -2.14. The van der Waals surface area contributed by atoms with E-state index < -0.39 is 0 Å². The van der Waals surface area contributed by atoms with E-state index in [0.29, 0.717) is 0 Å². The number of hydrogen-bond acceptors (Lipinski definition) is 0. The smallest absolute Gasteiger partial charge is 0.00265 e. The fourth-order valence-electron chi connectivity index (χ4n) is 3.93. The monoisotopic (exact) mass is 318 g/mol. The Labute approximate surface area is 147 Å². The third kappa shape index (κ3) is 2.22. The molecule has 0 radical (unpaired) electrons. The average Bonchev–Trinajstić information content (AvgIpc) is 2.66. The molecule has 5 aromatic rings. The SMILES string of the molecule is Cc1cccc(-c2c3ccccc3cc3c2ccc2ccccc23)c1. The van der Waals surface area contributed by atoms with Crippen LogP contribution in [-0.2, 0) is 0 Å². The van der Waals surface area contributed by atoms with E-state index in [1.165, 1.54) is 49.0 Å². The first-order valence-electron chi connectivity index (χ1n) is 8.71. The van der Waals surface area contributed by atoms with Gasteiger partial charge in [-0.05, 0) is 56.4 Å². The summed E-state index contributed by atoms with van der Waals surface area (Å²) in [6.07, 6.45) is 0. The number of benzene rings is 5. The van der Waals surface area contributed by atoms with E-state index in [2.05, 4.69) is 97.9 Å². The summed E-state index contributed by atoms with van der Waals surface area (Å²) < 4.78 is 0. The molecule has 25 heavy (non-hydrogen) atoms. The summed E-state index contributed by atoms with van der Waals surface area (Å²) >= 11 is 0. The Kier molecular flexibility index (Phi) is 3.11. The molecule has 0 saturated heterocycles. The summed E-state index contributed by atoms with van der Waals surface area (Å²) in [7, 11) is 0. The first kappa shape index (κ1) is 14.2. The first-order valence-corrected chi connectivity index (χ1v) is 8.71. The highest BCUT2D eigenvalue weighted by Crippen LogP contribution is 2.39. The van der Waals surface area contributed by atoms with Crippen LogP contribution in [0.15, 0.2) is 91.0 Å². The molecule has 0 aliphatic rings. The minimum atomic E-state index is 1.29. The van der Waals surface area contributed by atoms with Gasteiger partial charge in [-0.3, -0.25) is 0 Å². The highest BCUT2D eigenvalue weighted by atomic mass is 14.1. The van der Waals surface area contributed by atoms with Gasteiger partial charge in [-0.1, -0.05) is 90.5 Å². The van der Waals surface area contributed by atoms with E-state index in [1.807, 2.05) is 0 Å². The molecule has 0 saturated carbocycles. The molecule has 0 amide bonds. The predicted molar refractivity (Wildman–Crippen MR) is 109 cm³/mol. The summed E-state index contributed by atoms with van der Waals surface area (Å²) in [6, 6.07) is 33.1. The highest BCUT2D eigenvalue weighted by molar-refractivity contribution is 6.20. The van der Waals surface area contributed by atoms with Gasteiger partial charge in [0.25, 0.3) is 0 Å². The molecule has 0 spiro atoms. The van der Waals surface area contributed by atoms with Crippen molar-refractivity contribution in [2.24, 2.45) is 0 Å². The zero-order chi connectivity index (χ0) is 16.8. The van der Waals surface area contributed by atoms with E-state index in [9.17, 15) is 0 Å². The summed E-state index contributed by atoms with van der Waals surface area (Å²) in [5.41, 5.74) is 3.92. The summed E-state index contributed by atoms with van der Waals surface area (Å²) in [5, 5.41) is 7.87. The molecular weight excluding hydrogens is 300 g/mol. The lowest BCUT2D eigenvalue weighted by Crippen LogP contribution is -1.87. The largest absolute Gasteiger partial charge is 0.0616 e. The Morgan fingerprint density at radius 1 is 0.480 bits per heavy atom. The van der Waals surface area contributed by atoms with E-state index in [1.54, 1.807) is 0 Å². The van der Waals surface area contributed by atoms with Gasteiger partial charge in [0.05, 0.1) is 0 Å². The molecular formula is C25H18. The third-order valence-electron chi connectivity index (χ3n) is 5.08. The minimum Gasteiger partial charge on any atom is -0.0616 e. The average molecular weight is 318 g/mol. The first-order chi connectivity index (χ1) is 12.3. The molecule has 5 rings (SSSR count). The molecule has 0 heteroatoms. The fourth-order valence-corrected chi connectivity index (χ4v) is 3.93. The molecule has 118 valence electrons. The van der Waals surface area contributed by atoms with Gasteiger partial charge >= 0.3 is 0 Å². The van der Waals surface area contributed by atoms with Crippen LogP contribution in [-0.4, -0.2) is 0 Å². The van der Waals surface area contributed by atoms with Crippen molar-refractivity contribution in [3.63, 3.8) is 0 Å². The van der Waals surface area contributed by atoms with Gasteiger partial charge in [-0.25, -0.2) is 0 Å². The Balaban J connectivity index is 2.04. The maximum absolute atomic E-state index is 2.34. The Morgan fingerprint density at radius 2 is 1.24 bits per heavy atom. The minimum absolute atomic E-state index is 1.29. The van der Waals surface area contributed by atoms with Gasteiger partial charge in [-0.15, -0.1) is 0 Å². The summed E-state index contributed by atoms with van der Waals surface area (Å²) in [5.74, 6) is 0. The van der Waals surface area contributed by atoms with Gasteiger partial charge in [0.2, 0.25) is 0 Å². The van der Waals surface area contributed by atoms with Crippen LogP contribution in [0.3, 0.4) is 0 Å².